The molecular formula is C16H25N3O. The Kier molecular flexibility index (Phi) is 5.53. The van der Waals surface area contributed by atoms with Crippen LogP contribution in [0.1, 0.15) is 61.5 Å². The second kappa shape index (κ2) is 7.39. The van der Waals surface area contributed by atoms with Crippen molar-refractivity contribution >= 4 is 5.91 Å². The SMILES string of the molecule is C[C@H](NC(=O)c1ccnc(CN)c1)C1CCCCCC1. The Morgan fingerprint density at radius 3 is 2.75 bits per heavy atom. The third-order valence-electron chi connectivity index (χ3n) is 4.25. The molecule has 0 aromatic carbocycles. The van der Waals surface area contributed by atoms with E-state index in [0.717, 1.165) is 5.69 Å². The van der Waals surface area contributed by atoms with Crippen LogP contribution in [0.15, 0.2) is 18.3 Å². The summed E-state index contributed by atoms with van der Waals surface area (Å²) in [6.45, 7) is 2.48. The van der Waals surface area contributed by atoms with E-state index in [1.165, 1.54) is 38.5 Å². The second-order valence-electron chi connectivity index (χ2n) is 5.75. The molecule has 3 N–H and O–H groups in total. The van der Waals surface area contributed by atoms with E-state index in [0.29, 0.717) is 18.0 Å². The van der Waals surface area contributed by atoms with Crippen LogP contribution < -0.4 is 11.1 Å². The molecule has 1 saturated carbocycles. The van der Waals surface area contributed by atoms with E-state index in [-0.39, 0.29) is 11.9 Å². The quantitative estimate of drug-likeness (QED) is 0.830. The third kappa shape index (κ3) is 4.04. The molecule has 4 nitrogen and oxygen atoms in total. The van der Waals surface area contributed by atoms with Crippen molar-refractivity contribution < 1.29 is 4.79 Å². The smallest absolute Gasteiger partial charge is 0.251 e. The summed E-state index contributed by atoms with van der Waals surface area (Å²) < 4.78 is 0. The van der Waals surface area contributed by atoms with Crippen molar-refractivity contribution in [2.45, 2.75) is 58.0 Å². The van der Waals surface area contributed by atoms with Crippen LogP contribution in [0.25, 0.3) is 0 Å². The Labute approximate surface area is 121 Å². The van der Waals surface area contributed by atoms with Crippen LogP contribution in [-0.4, -0.2) is 16.9 Å². The molecule has 20 heavy (non-hydrogen) atoms. The molecule has 1 aromatic rings. The van der Waals surface area contributed by atoms with Gasteiger partial charge in [0.15, 0.2) is 0 Å². The van der Waals surface area contributed by atoms with Crippen molar-refractivity contribution in [1.29, 1.82) is 0 Å². The van der Waals surface area contributed by atoms with Crippen LogP contribution in [0.2, 0.25) is 0 Å². The molecule has 1 fully saturated rings. The number of amides is 1. The number of nitrogens with one attached hydrogen (secondary N) is 1. The number of aromatic nitrogens is 1. The Balaban J connectivity index is 1.95. The van der Waals surface area contributed by atoms with E-state index in [2.05, 4.69) is 17.2 Å². The number of carbonyl (C=O) groups is 1. The van der Waals surface area contributed by atoms with Crippen molar-refractivity contribution in [3.8, 4) is 0 Å². The largest absolute Gasteiger partial charge is 0.349 e. The normalized spacial score (nSPS) is 18.3. The number of carbonyl (C=O) groups excluding carboxylic acids is 1. The minimum Gasteiger partial charge on any atom is -0.349 e. The zero-order valence-corrected chi connectivity index (χ0v) is 12.3. The lowest BCUT2D eigenvalue weighted by atomic mass is 9.93. The molecule has 2 rings (SSSR count). The van der Waals surface area contributed by atoms with Gasteiger partial charge in [0.25, 0.3) is 5.91 Å². The zero-order valence-electron chi connectivity index (χ0n) is 12.3. The minimum atomic E-state index is -0.0150. The lowest BCUT2D eigenvalue weighted by Gasteiger charge is -2.23. The summed E-state index contributed by atoms with van der Waals surface area (Å²) in [6, 6.07) is 3.75. The monoisotopic (exact) mass is 275 g/mol. The van der Waals surface area contributed by atoms with Crippen LogP contribution in [0.3, 0.4) is 0 Å². The van der Waals surface area contributed by atoms with E-state index < -0.39 is 0 Å². The van der Waals surface area contributed by atoms with E-state index in [1.54, 1.807) is 18.3 Å². The predicted molar refractivity (Wildman–Crippen MR) is 80.2 cm³/mol. The van der Waals surface area contributed by atoms with Crippen molar-refractivity contribution in [3.05, 3.63) is 29.6 Å². The number of rotatable bonds is 4. The summed E-state index contributed by atoms with van der Waals surface area (Å²) in [5.41, 5.74) is 6.96. The topological polar surface area (TPSA) is 68.0 Å². The highest BCUT2D eigenvalue weighted by molar-refractivity contribution is 5.94. The summed E-state index contributed by atoms with van der Waals surface area (Å²) in [5.74, 6) is 0.594. The van der Waals surface area contributed by atoms with Gasteiger partial charge in [-0.3, -0.25) is 9.78 Å². The average molecular weight is 275 g/mol. The Bertz CT molecular complexity index is 439. The van der Waals surface area contributed by atoms with Gasteiger partial charge in [-0.15, -0.1) is 0 Å². The standard InChI is InChI=1S/C16H25N3O/c1-12(13-6-4-2-3-5-7-13)19-16(20)14-8-9-18-15(10-14)11-17/h8-10,12-13H,2-7,11,17H2,1H3,(H,19,20)/t12-/m0/s1. The fourth-order valence-corrected chi connectivity index (χ4v) is 2.95. The highest BCUT2D eigenvalue weighted by atomic mass is 16.1. The van der Waals surface area contributed by atoms with Gasteiger partial charge in [-0.25, -0.2) is 0 Å². The number of pyridine rings is 1. The van der Waals surface area contributed by atoms with Crippen molar-refractivity contribution in [3.63, 3.8) is 0 Å². The third-order valence-corrected chi connectivity index (χ3v) is 4.25. The fourth-order valence-electron chi connectivity index (χ4n) is 2.95. The van der Waals surface area contributed by atoms with Gasteiger partial charge in [0.1, 0.15) is 0 Å². The maximum absolute atomic E-state index is 12.3. The minimum absolute atomic E-state index is 0.0150. The van der Waals surface area contributed by atoms with E-state index in [1.807, 2.05) is 0 Å². The van der Waals surface area contributed by atoms with Crippen molar-refractivity contribution in [1.82, 2.24) is 10.3 Å². The molecule has 0 spiro atoms. The fraction of sp³-hybridized carbons (Fsp3) is 0.625. The van der Waals surface area contributed by atoms with Gasteiger partial charge < -0.3 is 11.1 Å². The maximum Gasteiger partial charge on any atom is 0.251 e. The van der Waals surface area contributed by atoms with Gasteiger partial charge in [-0.05, 0) is 37.8 Å². The van der Waals surface area contributed by atoms with Crippen LogP contribution in [0.4, 0.5) is 0 Å². The molecule has 1 aliphatic carbocycles. The van der Waals surface area contributed by atoms with Crippen LogP contribution in [-0.2, 0) is 6.54 Å². The number of nitrogens with two attached hydrogens (primary N) is 1. The molecular weight excluding hydrogens is 250 g/mol. The molecule has 0 bridgehead atoms. The molecule has 0 saturated heterocycles. The summed E-state index contributed by atoms with van der Waals surface area (Å²) in [5, 5.41) is 3.14. The van der Waals surface area contributed by atoms with Crippen LogP contribution in [0.5, 0.6) is 0 Å². The predicted octanol–water partition coefficient (Wildman–Crippen LogP) is 2.63. The molecule has 4 heteroatoms. The van der Waals surface area contributed by atoms with Crippen molar-refractivity contribution in [2.24, 2.45) is 11.7 Å². The van der Waals surface area contributed by atoms with Gasteiger partial charge in [-0.1, -0.05) is 25.7 Å². The molecule has 0 aliphatic heterocycles. The van der Waals surface area contributed by atoms with Gasteiger partial charge >= 0.3 is 0 Å². The summed E-state index contributed by atoms with van der Waals surface area (Å²) in [6.07, 6.45) is 9.35. The highest BCUT2D eigenvalue weighted by Crippen LogP contribution is 2.25. The molecule has 0 unspecified atom stereocenters. The molecule has 0 radical (unpaired) electrons. The first-order valence-corrected chi connectivity index (χ1v) is 7.66. The maximum atomic E-state index is 12.3. The molecule has 1 aromatic heterocycles. The molecule has 1 heterocycles. The van der Waals surface area contributed by atoms with E-state index in [9.17, 15) is 4.79 Å². The summed E-state index contributed by atoms with van der Waals surface area (Å²) in [7, 11) is 0. The highest BCUT2D eigenvalue weighted by Gasteiger charge is 2.21. The number of hydrogen-bond acceptors (Lipinski definition) is 3. The first kappa shape index (κ1) is 15.0. The first-order valence-electron chi connectivity index (χ1n) is 7.66. The Morgan fingerprint density at radius 2 is 2.10 bits per heavy atom. The second-order valence-corrected chi connectivity index (χ2v) is 5.75. The van der Waals surface area contributed by atoms with Gasteiger partial charge in [-0.2, -0.15) is 0 Å². The molecule has 1 atom stereocenters. The van der Waals surface area contributed by atoms with Gasteiger partial charge in [0.05, 0.1) is 5.69 Å². The van der Waals surface area contributed by atoms with Crippen LogP contribution in [0, 0.1) is 5.92 Å². The first-order chi connectivity index (χ1) is 9.70. The average Bonchev–Trinajstić information content (AvgIpc) is 2.76. The lowest BCUT2D eigenvalue weighted by molar-refractivity contribution is 0.0923. The molecule has 1 amide bonds. The molecule has 1 aliphatic rings. The van der Waals surface area contributed by atoms with Crippen LogP contribution >= 0.6 is 0 Å². The zero-order chi connectivity index (χ0) is 14.4. The van der Waals surface area contributed by atoms with E-state index >= 15 is 0 Å². The molecule has 110 valence electrons. The summed E-state index contributed by atoms with van der Waals surface area (Å²) in [4.78, 5) is 16.4. The van der Waals surface area contributed by atoms with Gasteiger partial charge in [0.2, 0.25) is 0 Å². The van der Waals surface area contributed by atoms with E-state index in [4.69, 9.17) is 5.73 Å². The summed E-state index contributed by atoms with van der Waals surface area (Å²) >= 11 is 0. The number of nitrogens with zero attached hydrogens (tertiary/aromatic N) is 1. The van der Waals surface area contributed by atoms with Gasteiger partial charge in [0, 0.05) is 24.3 Å². The lowest BCUT2D eigenvalue weighted by Crippen LogP contribution is -2.38. The number of hydrogen-bond donors (Lipinski definition) is 2. The Morgan fingerprint density at radius 1 is 1.40 bits per heavy atom. The van der Waals surface area contributed by atoms with Crippen molar-refractivity contribution in [2.75, 3.05) is 0 Å². The Hall–Kier alpha value is -1.42.